The molecule has 0 bridgehead atoms. The van der Waals surface area contributed by atoms with E-state index in [1.54, 1.807) is 43.5 Å². The van der Waals surface area contributed by atoms with Crippen LogP contribution in [0, 0.1) is 22.7 Å². The molecule has 0 heterocycles. The topological polar surface area (TPSA) is 68.8 Å². The summed E-state index contributed by atoms with van der Waals surface area (Å²) >= 11 is 5.93. The Bertz CT molecular complexity index is 729. The molecule has 2 aromatic carbocycles. The van der Waals surface area contributed by atoms with Crippen LogP contribution in [-0.4, -0.2) is 7.11 Å². The van der Waals surface area contributed by atoms with E-state index in [9.17, 15) is 0 Å². The van der Waals surface area contributed by atoms with Gasteiger partial charge in [-0.1, -0.05) is 11.6 Å². The van der Waals surface area contributed by atoms with Crippen molar-refractivity contribution in [1.29, 1.82) is 10.5 Å². The van der Waals surface area contributed by atoms with Crippen LogP contribution < -0.4 is 10.1 Å². The first-order valence-corrected chi connectivity index (χ1v) is 6.10. The van der Waals surface area contributed by atoms with Crippen molar-refractivity contribution in [3.8, 4) is 17.9 Å². The molecular formula is C15H10ClN3O. The van der Waals surface area contributed by atoms with Gasteiger partial charge in [-0.25, -0.2) is 0 Å². The summed E-state index contributed by atoms with van der Waals surface area (Å²) in [5, 5.41) is 21.8. The highest BCUT2D eigenvalue weighted by Gasteiger charge is 2.08. The van der Waals surface area contributed by atoms with Crippen LogP contribution in [0.2, 0.25) is 5.02 Å². The Morgan fingerprint density at radius 2 is 1.60 bits per heavy atom. The molecule has 0 saturated heterocycles. The van der Waals surface area contributed by atoms with Gasteiger partial charge in [-0.15, -0.1) is 0 Å². The van der Waals surface area contributed by atoms with Crippen LogP contribution in [-0.2, 0) is 0 Å². The van der Waals surface area contributed by atoms with E-state index in [1.165, 1.54) is 0 Å². The number of nitriles is 2. The molecule has 0 spiro atoms. The van der Waals surface area contributed by atoms with E-state index in [0.29, 0.717) is 33.3 Å². The molecule has 0 aliphatic heterocycles. The van der Waals surface area contributed by atoms with Crippen LogP contribution in [0.3, 0.4) is 0 Å². The van der Waals surface area contributed by atoms with E-state index >= 15 is 0 Å². The average Bonchev–Trinajstić information content (AvgIpc) is 2.47. The first-order valence-electron chi connectivity index (χ1n) is 5.72. The predicted molar refractivity (Wildman–Crippen MR) is 77.2 cm³/mol. The van der Waals surface area contributed by atoms with Crippen molar-refractivity contribution >= 4 is 23.0 Å². The maximum absolute atomic E-state index is 9.12. The van der Waals surface area contributed by atoms with Crippen LogP contribution in [0.5, 0.6) is 5.75 Å². The Morgan fingerprint density at radius 1 is 1.00 bits per heavy atom. The monoisotopic (exact) mass is 283 g/mol. The normalized spacial score (nSPS) is 9.40. The maximum Gasteiger partial charge on any atom is 0.121 e. The molecule has 0 aliphatic carbocycles. The van der Waals surface area contributed by atoms with E-state index in [4.69, 9.17) is 26.9 Å². The van der Waals surface area contributed by atoms with Gasteiger partial charge in [0, 0.05) is 11.1 Å². The highest BCUT2D eigenvalue weighted by atomic mass is 35.5. The molecule has 0 saturated carbocycles. The zero-order valence-electron chi connectivity index (χ0n) is 10.6. The minimum Gasteiger partial charge on any atom is -0.497 e. The van der Waals surface area contributed by atoms with E-state index in [1.807, 2.05) is 0 Å². The Morgan fingerprint density at radius 3 is 2.20 bits per heavy atom. The lowest BCUT2D eigenvalue weighted by Crippen LogP contribution is -1.97. The Hall–Kier alpha value is -2.69. The molecule has 0 atom stereocenters. The second kappa shape index (κ2) is 5.97. The zero-order chi connectivity index (χ0) is 14.5. The minimum atomic E-state index is 0.445. The number of anilines is 2. The van der Waals surface area contributed by atoms with Crippen LogP contribution in [0.15, 0.2) is 36.4 Å². The van der Waals surface area contributed by atoms with Crippen molar-refractivity contribution in [1.82, 2.24) is 0 Å². The maximum atomic E-state index is 9.12. The second-order valence-electron chi connectivity index (χ2n) is 3.95. The minimum absolute atomic E-state index is 0.445. The van der Waals surface area contributed by atoms with Crippen LogP contribution >= 0.6 is 11.6 Å². The summed E-state index contributed by atoms with van der Waals surface area (Å²) in [6.45, 7) is 0. The quantitative estimate of drug-likeness (QED) is 0.929. The van der Waals surface area contributed by atoms with Crippen LogP contribution in [0.25, 0.3) is 0 Å². The lowest BCUT2D eigenvalue weighted by Gasteiger charge is -2.11. The van der Waals surface area contributed by atoms with Crippen molar-refractivity contribution < 1.29 is 4.74 Å². The fourth-order valence-corrected chi connectivity index (χ4v) is 1.89. The first kappa shape index (κ1) is 13.7. The number of nitrogens with one attached hydrogen (secondary N) is 1. The fraction of sp³-hybridized carbons (Fsp3) is 0.0667. The smallest absolute Gasteiger partial charge is 0.121 e. The third-order valence-electron chi connectivity index (χ3n) is 2.72. The van der Waals surface area contributed by atoms with Gasteiger partial charge in [-0.2, -0.15) is 10.5 Å². The summed E-state index contributed by atoms with van der Waals surface area (Å²) in [6.07, 6.45) is 0. The number of hydrogen-bond acceptors (Lipinski definition) is 4. The third kappa shape index (κ3) is 2.83. The SMILES string of the molecule is COc1ccc(C#N)c(Nc2cc(Cl)ccc2C#N)c1. The number of rotatable bonds is 3. The van der Waals surface area contributed by atoms with Crippen LogP contribution in [0.4, 0.5) is 11.4 Å². The molecule has 4 nitrogen and oxygen atoms in total. The lowest BCUT2D eigenvalue weighted by atomic mass is 10.1. The molecule has 1 N–H and O–H groups in total. The molecule has 0 radical (unpaired) electrons. The van der Waals surface area contributed by atoms with Crippen molar-refractivity contribution in [2.75, 3.05) is 12.4 Å². The number of nitrogens with zero attached hydrogens (tertiary/aromatic N) is 2. The molecule has 2 rings (SSSR count). The van der Waals surface area contributed by atoms with Gasteiger partial charge >= 0.3 is 0 Å². The highest BCUT2D eigenvalue weighted by molar-refractivity contribution is 6.30. The third-order valence-corrected chi connectivity index (χ3v) is 2.95. The number of hydrogen-bond donors (Lipinski definition) is 1. The average molecular weight is 284 g/mol. The molecule has 0 fully saturated rings. The number of benzene rings is 2. The zero-order valence-corrected chi connectivity index (χ0v) is 11.4. The fourth-order valence-electron chi connectivity index (χ4n) is 1.71. The second-order valence-corrected chi connectivity index (χ2v) is 4.39. The van der Waals surface area contributed by atoms with E-state index in [0.717, 1.165) is 0 Å². The summed E-state index contributed by atoms with van der Waals surface area (Å²) in [5.41, 5.74) is 2.01. The number of ether oxygens (including phenoxy) is 1. The van der Waals surface area contributed by atoms with E-state index < -0.39 is 0 Å². The summed E-state index contributed by atoms with van der Waals surface area (Å²) in [5.74, 6) is 0.618. The molecular weight excluding hydrogens is 274 g/mol. The molecule has 98 valence electrons. The largest absolute Gasteiger partial charge is 0.497 e. The Balaban J connectivity index is 2.47. The standard InChI is InChI=1S/C15H10ClN3O/c1-20-13-5-3-11(9-18)15(7-13)19-14-6-12(16)4-2-10(14)8-17/h2-7,19H,1H3. The van der Waals surface area contributed by atoms with Gasteiger partial charge in [0.05, 0.1) is 29.6 Å². The van der Waals surface area contributed by atoms with Gasteiger partial charge in [-0.3, -0.25) is 0 Å². The van der Waals surface area contributed by atoms with Gasteiger partial charge in [0.25, 0.3) is 0 Å². The summed E-state index contributed by atoms with van der Waals surface area (Å²) < 4.78 is 5.13. The summed E-state index contributed by atoms with van der Waals surface area (Å²) in [4.78, 5) is 0. The van der Waals surface area contributed by atoms with Gasteiger partial charge < -0.3 is 10.1 Å². The Labute approximate surface area is 121 Å². The summed E-state index contributed by atoms with van der Waals surface area (Å²) in [7, 11) is 1.55. The summed E-state index contributed by atoms with van der Waals surface area (Å²) in [6, 6.07) is 14.1. The van der Waals surface area contributed by atoms with Gasteiger partial charge in [0.15, 0.2) is 0 Å². The van der Waals surface area contributed by atoms with Crippen molar-refractivity contribution in [2.45, 2.75) is 0 Å². The molecule has 0 unspecified atom stereocenters. The van der Waals surface area contributed by atoms with Gasteiger partial charge in [-0.05, 0) is 30.3 Å². The molecule has 5 heteroatoms. The number of methoxy groups -OCH3 is 1. The van der Waals surface area contributed by atoms with E-state index in [-0.39, 0.29) is 0 Å². The predicted octanol–water partition coefficient (Wildman–Crippen LogP) is 3.84. The molecule has 2 aromatic rings. The van der Waals surface area contributed by atoms with Crippen molar-refractivity contribution in [3.05, 3.63) is 52.5 Å². The lowest BCUT2D eigenvalue weighted by molar-refractivity contribution is 0.415. The molecule has 0 aliphatic rings. The van der Waals surface area contributed by atoms with Crippen molar-refractivity contribution in [2.24, 2.45) is 0 Å². The highest BCUT2D eigenvalue weighted by Crippen LogP contribution is 2.28. The molecule has 20 heavy (non-hydrogen) atoms. The Kier molecular flexibility index (Phi) is 4.10. The number of halogens is 1. The molecule has 0 amide bonds. The van der Waals surface area contributed by atoms with Gasteiger partial charge in [0.2, 0.25) is 0 Å². The molecule has 0 aromatic heterocycles. The van der Waals surface area contributed by atoms with Gasteiger partial charge in [0.1, 0.15) is 17.9 Å². The van der Waals surface area contributed by atoms with Crippen LogP contribution in [0.1, 0.15) is 11.1 Å². The van der Waals surface area contributed by atoms with E-state index in [2.05, 4.69) is 17.5 Å². The first-order chi connectivity index (χ1) is 9.67. The van der Waals surface area contributed by atoms with Crippen molar-refractivity contribution in [3.63, 3.8) is 0 Å².